The van der Waals surface area contributed by atoms with Gasteiger partial charge in [0.1, 0.15) is 5.82 Å². The Morgan fingerprint density at radius 1 is 0.917 bits per heavy atom. The van der Waals surface area contributed by atoms with Gasteiger partial charge in [0.15, 0.2) is 11.0 Å². The maximum absolute atomic E-state index is 9.89. The van der Waals surface area contributed by atoms with E-state index >= 15 is 0 Å². The number of H-pyrrole nitrogens is 1. The highest BCUT2D eigenvalue weighted by Gasteiger charge is 2.16. The van der Waals surface area contributed by atoms with Crippen molar-refractivity contribution in [3.05, 3.63) is 95.0 Å². The summed E-state index contributed by atoms with van der Waals surface area (Å²) in [5.41, 5.74) is 7.04. The highest BCUT2D eigenvalue weighted by atomic mass is 35.5. The Hall–Kier alpha value is -3.81. The SMILES string of the molecule is CCCCc1nc(Cl)c(CO)n1Cc1ccc(-c2cc(-c3ccccc3)ccc2-c2nnn[nH]2)cc1. The van der Waals surface area contributed by atoms with E-state index in [0.29, 0.717) is 23.2 Å². The minimum Gasteiger partial charge on any atom is -0.390 e. The number of rotatable bonds is 9. The lowest BCUT2D eigenvalue weighted by atomic mass is 9.93. The second-order valence-corrected chi connectivity index (χ2v) is 9.04. The molecule has 0 radical (unpaired) electrons. The molecule has 2 heterocycles. The number of benzene rings is 3. The summed E-state index contributed by atoms with van der Waals surface area (Å²) in [4.78, 5) is 4.50. The summed E-state index contributed by atoms with van der Waals surface area (Å²) in [6.07, 6.45) is 2.92. The third-order valence-corrected chi connectivity index (χ3v) is 6.64. The van der Waals surface area contributed by atoms with E-state index in [-0.39, 0.29) is 6.61 Å². The molecular formula is C28H27ClN6O. The number of nitrogens with one attached hydrogen (secondary N) is 1. The Morgan fingerprint density at radius 2 is 1.69 bits per heavy atom. The molecule has 5 aromatic rings. The smallest absolute Gasteiger partial charge is 0.180 e. The molecule has 7 nitrogen and oxygen atoms in total. The molecule has 2 aromatic heterocycles. The van der Waals surface area contributed by atoms with Crippen LogP contribution in [0.4, 0.5) is 0 Å². The summed E-state index contributed by atoms with van der Waals surface area (Å²) in [6.45, 7) is 2.60. The molecule has 5 rings (SSSR count). The van der Waals surface area contributed by atoms with Gasteiger partial charge in [0.2, 0.25) is 0 Å². The molecule has 0 atom stereocenters. The molecule has 0 bridgehead atoms. The Morgan fingerprint density at radius 3 is 2.39 bits per heavy atom. The van der Waals surface area contributed by atoms with Gasteiger partial charge in [-0.15, -0.1) is 5.10 Å². The van der Waals surface area contributed by atoms with Gasteiger partial charge in [-0.3, -0.25) is 0 Å². The topological polar surface area (TPSA) is 92.5 Å². The van der Waals surface area contributed by atoms with Gasteiger partial charge in [-0.05, 0) is 56.8 Å². The van der Waals surface area contributed by atoms with Crippen molar-refractivity contribution >= 4 is 11.6 Å². The van der Waals surface area contributed by atoms with Crippen molar-refractivity contribution in [1.82, 2.24) is 30.2 Å². The molecule has 0 aliphatic carbocycles. The van der Waals surface area contributed by atoms with Crippen molar-refractivity contribution in [2.45, 2.75) is 39.3 Å². The summed E-state index contributed by atoms with van der Waals surface area (Å²) in [5.74, 6) is 1.53. The number of nitrogens with zero attached hydrogens (tertiary/aromatic N) is 5. The molecule has 3 aromatic carbocycles. The first-order valence-corrected chi connectivity index (χ1v) is 12.4. The number of hydrogen-bond acceptors (Lipinski definition) is 5. The molecule has 182 valence electrons. The van der Waals surface area contributed by atoms with Gasteiger partial charge in [-0.1, -0.05) is 85.6 Å². The van der Waals surface area contributed by atoms with Crippen LogP contribution >= 0.6 is 11.6 Å². The minimum atomic E-state index is -0.142. The number of halogens is 1. The fourth-order valence-corrected chi connectivity index (χ4v) is 4.67. The average molecular weight is 499 g/mol. The predicted octanol–water partition coefficient (Wildman–Crippen LogP) is 5.93. The molecule has 0 aliphatic rings. The molecule has 36 heavy (non-hydrogen) atoms. The van der Waals surface area contributed by atoms with Gasteiger partial charge in [0, 0.05) is 18.5 Å². The molecule has 8 heteroatoms. The number of unbranched alkanes of at least 4 members (excludes halogenated alkanes) is 1. The summed E-state index contributed by atoms with van der Waals surface area (Å²) in [6, 6.07) is 25.0. The lowest BCUT2D eigenvalue weighted by Gasteiger charge is -2.13. The van der Waals surface area contributed by atoms with E-state index in [1.165, 1.54) is 0 Å². The Balaban J connectivity index is 1.50. The molecule has 2 N–H and O–H groups in total. The zero-order valence-electron chi connectivity index (χ0n) is 20.0. The number of aromatic nitrogens is 6. The summed E-state index contributed by atoms with van der Waals surface area (Å²) in [7, 11) is 0. The number of aryl methyl sites for hydroxylation is 1. The fourth-order valence-electron chi connectivity index (χ4n) is 4.41. The Labute approximate surface area is 214 Å². The first-order valence-electron chi connectivity index (χ1n) is 12.1. The zero-order chi connectivity index (χ0) is 24.9. The van der Waals surface area contributed by atoms with Crippen molar-refractivity contribution in [3.8, 4) is 33.6 Å². The van der Waals surface area contributed by atoms with Crippen LogP contribution in [-0.4, -0.2) is 35.3 Å². The van der Waals surface area contributed by atoms with E-state index in [9.17, 15) is 5.11 Å². The highest BCUT2D eigenvalue weighted by molar-refractivity contribution is 6.30. The monoisotopic (exact) mass is 498 g/mol. The van der Waals surface area contributed by atoms with Crippen molar-refractivity contribution in [3.63, 3.8) is 0 Å². The van der Waals surface area contributed by atoms with Gasteiger partial charge in [-0.25, -0.2) is 10.1 Å². The normalized spacial score (nSPS) is 11.2. The second-order valence-electron chi connectivity index (χ2n) is 8.69. The van der Waals surface area contributed by atoms with Crippen molar-refractivity contribution in [1.29, 1.82) is 0 Å². The van der Waals surface area contributed by atoms with Crippen LogP contribution in [0.15, 0.2) is 72.8 Å². The number of aliphatic hydroxyl groups excluding tert-OH is 1. The van der Waals surface area contributed by atoms with Crippen molar-refractivity contribution in [2.75, 3.05) is 0 Å². The Bertz CT molecular complexity index is 1430. The highest BCUT2D eigenvalue weighted by Crippen LogP contribution is 2.34. The maximum atomic E-state index is 9.89. The van der Waals surface area contributed by atoms with Gasteiger partial charge in [0.05, 0.1) is 12.3 Å². The Kier molecular flexibility index (Phi) is 7.21. The minimum absolute atomic E-state index is 0.142. The van der Waals surface area contributed by atoms with E-state index in [4.69, 9.17) is 11.6 Å². The van der Waals surface area contributed by atoms with Crippen molar-refractivity contribution in [2.24, 2.45) is 0 Å². The average Bonchev–Trinajstić information content (AvgIpc) is 3.56. The number of tetrazole rings is 1. The van der Waals surface area contributed by atoms with E-state index in [1.54, 1.807) is 0 Å². The van der Waals surface area contributed by atoms with Crippen LogP contribution in [0.1, 0.15) is 36.8 Å². The van der Waals surface area contributed by atoms with Crippen LogP contribution in [0.2, 0.25) is 5.15 Å². The third kappa shape index (κ3) is 4.94. The number of aliphatic hydroxyl groups is 1. The molecule has 0 saturated heterocycles. The molecular weight excluding hydrogens is 472 g/mol. The molecule has 0 aliphatic heterocycles. The van der Waals surface area contributed by atoms with E-state index in [2.05, 4.69) is 87.1 Å². The first kappa shape index (κ1) is 23.9. The molecule has 0 saturated carbocycles. The molecule has 0 unspecified atom stereocenters. The lowest BCUT2D eigenvalue weighted by molar-refractivity contribution is 0.271. The van der Waals surface area contributed by atoms with E-state index in [1.807, 2.05) is 22.8 Å². The fraction of sp³-hybridized carbons (Fsp3) is 0.214. The van der Waals surface area contributed by atoms with Crippen LogP contribution in [-0.2, 0) is 19.6 Å². The van der Waals surface area contributed by atoms with Crippen LogP contribution in [0.5, 0.6) is 0 Å². The number of aromatic amines is 1. The maximum Gasteiger partial charge on any atom is 0.180 e. The van der Waals surface area contributed by atoms with E-state index < -0.39 is 0 Å². The summed E-state index contributed by atoms with van der Waals surface area (Å²) < 4.78 is 2.04. The second kappa shape index (κ2) is 10.8. The summed E-state index contributed by atoms with van der Waals surface area (Å²) in [5, 5.41) is 24.8. The summed E-state index contributed by atoms with van der Waals surface area (Å²) >= 11 is 6.32. The van der Waals surface area contributed by atoms with Gasteiger partial charge < -0.3 is 9.67 Å². The first-order chi connectivity index (χ1) is 17.7. The van der Waals surface area contributed by atoms with Gasteiger partial charge in [0.25, 0.3) is 0 Å². The van der Waals surface area contributed by atoms with Crippen LogP contribution in [0, 0.1) is 0 Å². The van der Waals surface area contributed by atoms with Gasteiger partial charge in [-0.2, -0.15) is 0 Å². The standard InChI is InChI=1S/C28H27ClN6O/c1-2-3-9-26-30-27(29)25(18-36)35(26)17-19-10-12-21(13-11-19)24-16-22(20-7-5-4-6-8-20)14-15-23(24)28-31-33-34-32-28/h4-8,10-16,36H,2-3,9,17-18H2,1H3,(H,31,32,33,34). The molecule has 0 spiro atoms. The number of imidazole rings is 1. The third-order valence-electron chi connectivity index (χ3n) is 6.34. The van der Waals surface area contributed by atoms with Crippen LogP contribution in [0.25, 0.3) is 33.6 Å². The van der Waals surface area contributed by atoms with Crippen LogP contribution in [0.3, 0.4) is 0 Å². The van der Waals surface area contributed by atoms with Crippen molar-refractivity contribution < 1.29 is 5.11 Å². The largest absolute Gasteiger partial charge is 0.390 e. The van der Waals surface area contributed by atoms with Gasteiger partial charge >= 0.3 is 0 Å². The molecule has 0 fully saturated rings. The predicted molar refractivity (Wildman–Crippen MR) is 141 cm³/mol. The lowest BCUT2D eigenvalue weighted by Crippen LogP contribution is -2.09. The molecule has 0 amide bonds. The van der Waals surface area contributed by atoms with Crippen LogP contribution < -0.4 is 0 Å². The van der Waals surface area contributed by atoms with E-state index in [0.717, 1.165) is 58.5 Å². The number of hydrogen-bond donors (Lipinski definition) is 2. The zero-order valence-corrected chi connectivity index (χ0v) is 20.8. The quantitative estimate of drug-likeness (QED) is 0.262.